The number of hydrogen-bond acceptors (Lipinski definition) is 4. The Hall–Kier alpha value is -1.74. The third kappa shape index (κ3) is 6.35. The Balaban J connectivity index is 2.66. The normalized spacial score (nSPS) is 11.3. The van der Waals surface area contributed by atoms with Crippen LogP contribution in [-0.2, 0) is 0 Å². The molecule has 122 valence electrons. The summed E-state index contributed by atoms with van der Waals surface area (Å²) < 4.78 is 38.2. The van der Waals surface area contributed by atoms with Gasteiger partial charge in [-0.15, -0.1) is 0 Å². The van der Waals surface area contributed by atoms with Crippen LogP contribution in [0.2, 0.25) is 0 Å². The number of nitrogens with one attached hydrogen (secondary N) is 2. The van der Waals surface area contributed by atoms with Gasteiger partial charge in [-0.1, -0.05) is 36.0 Å². The number of carbonyl (C=O) groups excluding carboxylic acids is 2. The first kappa shape index (κ1) is 18.3. The van der Waals surface area contributed by atoms with Crippen LogP contribution in [-0.4, -0.2) is 28.4 Å². The first-order valence-corrected chi connectivity index (χ1v) is 7.30. The highest BCUT2D eigenvalue weighted by Gasteiger charge is 2.41. The minimum atomic E-state index is -4.89. The number of rotatable bonds is 6. The smallest absolute Gasteiger partial charge is 0.346 e. The Labute approximate surface area is 130 Å². The first-order chi connectivity index (χ1) is 10.3. The molecule has 0 radical (unpaired) electrons. The standard InChI is InChI=1S/C13H16F3N3O2S/c1-2-3-9-17-12(21)22-19(13(14,15)16)18-11(20)10-7-5-4-6-8-10/h4-8H,2-3,9H2,1H3,(H,17,21)(H,18,20). The predicted octanol–water partition coefficient (Wildman–Crippen LogP) is 3.31. The second-order valence-corrected chi connectivity index (χ2v) is 5.15. The van der Waals surface area contributed by atoms with Gasteiger partial charge in [0.15, 0.2) is 0 Å². The van der Waals surface area contributed by atoms with Crippen molar-refractivity contribution >= 4 is 23.1 Å². The highest BCUT2D eigenvalue weighted by molar-refractivity contribution is 8.11. The van der Waals surface area contributed by atoms with Crippen LogP contribution in [0.5, 0.6) is 0 Å². The minimum absolute atomic E-state index is 0.0590. The number of alkyl halides is 3. The maximum absolute atomic E-state index is 12.9. The van der Waals surface area contributed by atoms with E-state index < -0.39 is 21.9 Å². The molecule has 0 aliphatic rings. The molecule has 22 heavy (non-hydrogen) atoms. The zero-order chi connectivity index (χ0) is 16.6. The van der Waals surface area contributed by atoms with Crippen molar-refractivity contribution in [3.8, 4) is 0 Å². The molecule has 1 aromatic rings. The van der Waals surface area contributed by atoms with Crippen LogP contribution in [0, 0.1) is 0 Å². The summed E-state index contributed by atoms with van der Waals surface area (Å²) in [7, 11) is 0. The van der Waals surface area contributed by atoms with Crippen molar-refractivity contribution in [1.82, 2.24) is 15.2 Å². The molecule has 0 heterocycles. The van der Waals surface area contributed by atoms with Crippen molar-refractivity contribution < 1.29 is 22.8 Å². The fourth-order valence-corrected chi connectivity index (χ4v) is 1.93. The second-order valence-electron chi connectivity index (χ2n) is 4.23. The van der Waals surface area contributed by atoms with E-state index in [0.717, 1.165) is 6.42 Å². The van der Waals surface area contributed by atoms with Crippen LogP contribution in [0.15, 0.2) is 30.3 Å². The van der Waals surface area contributed by atoms with Crippen molar-refractivity contribution in [2.24, 2.45) is 0 Å². The summed E-state index contributed by atoms with van der Waals surface area (Å²) in [4.78, 5) is 23.2. The van der Waals surface area contributed by atoms with E-state index in [1.165, 1.54) is 24.3 Å². The van der Waals surface area contributed by atoms with Gasteiger partial charge in [0.1, 0.15) is 0 Å². The topological polar surface area (TPSA) is 61.4 Å². The van der Waals surface area contributed by atoms with Crippen LogP contribution in [0.3, 0.4) is 0 Å². The van der Waals surface area contributed by atoms with Crippen molar-refractivity contribution in [2.45, 2.75) is 26.1 Å². The molecule has 1 rings (SSSR count). The zero-order valence-corrected chi connectivity index (χ0v) is 12.6. The molecule has 5 nitrogen and oxygen atoms in total. The fourth-order valence-electron chi connectivity index (χ4n) is 1.37. The van der Waals surface area contributed by atoms with E-state index in [1.807, 2.05) is 6.92 Å². The summed E-state index contributed by atoms with van der Waals surface area (Å²) in [6.07, 6.45) is -3.43. The molecule has 0 unspecified atom stereocenters. The Morgan fingerprint density at radius 1 is 1.23 bits per heavy atom. The summed E-state index contributed by atoms with van der Waals surface area (Å²) in [6.45, 7) is 2.17. The van der Waals surface area contributed by atoms with Crippen LogP contribution in [0.1, 0.15) is 30.1 Å². The number of carbonyl (C=O) groups is 2. The van der Waals surface area contributed by atoms with Gasteiger partial charge in [0, 0.05) is 24.1 Å². The summed E-state index contributed by atoms with van der Waals surface area (Å²) in [6, 6.07) is 7.43. The van der Waals surface area contributed by atoms with Crippen molar-refractivity contribution in [3.05, 3.63) is 35.9 Å². The fraction of sp³-hybridized carbons (Fsp3) is 0.385. The van der Waals surface area contributed by atoms with Gasteiger partial charge in [0.05, 0.1) is 0 Å². The third-order valence-electron chi connectivity index (χ3n) is 2.44. The number of unbranched alkanes of at least 4 members (excludes halogenated alkanes) is 1. The summed E-state index contributed by atoms with van der Waals surface area (Å²) >= 11 is -0.149. The largest absolute Gasteiger partial charge is 0.488 e. The first-order valence-electron chi connectivity index (χ1n) is 6.53. The highest BCUT2D eigenvalue weighted by Crippen LogP contribution is 2.27. The lowest BCUT2D eigenvalue weighted by Gasteiger charge is -2.23. The molecule has 0 bridgehead atoms. The summed E-state index contributed by atoms with van der Waals surface area (Å²) in [5.74, 6) is -0.952. The Morgan fingerprint density at radius 2 is 1.86 bits per heavy atom. The van der Waals surface area contributed by atoms with Gasteiger partial charge in [-0.2, -0.15) is 13.2 Å². The number of nitrogens with zero attached hydrogens (tertiary/aromatic N) is 1. The van der Waals surface area contributed by atoms with Crippen LogP contribution < -0.4 is 10.7 Å². The molecular formula is C13H16F3N3O2S. The highest BCUT2D eigenvalue weighted by atomic mass is 32.2. The van der Waals surface area contributed by atoms with E-state index in [1.54, 1.807) is 11.5 Å². The summed E-state index contributed by atoms with van der Waals surface area (Å²) in [5.41, 5.74) is 1.73. The average molecular weight is 335 g/mol. The monoisotopic (exact) mass is 335 g/mol. The number of hydrogen-bond donors (Lipinski definition) is 2. The Morgan fingerprint density at radius 3 is 2.41 bits per heavy atom. The lowest BCUT2D eigenvalue weighted by atomic mass is 10.2. The van der Waals surface area contributed by atoms with Crippen molar-refractivity contribution in [2.75, 3.05) is 6.54 Å². The average Bonchev–Trinajstić information content (AvgIpc) is 2.46. The van der Waals surface area contributed by atoms with Gasteiger partial charge in [-0.3, -0.25) is 15.0 Å². The van der Waals surface area contributed by atoms with E-state index in [0.29, 0.717) is 6.42 Å². The van der Waals surface area contributed by atoms with E-state index in [2.05, 4.69) is 5.32 Å². The predicted molar refractivity (Wildman–Crippen MR) is 77.7 cm³/mol. The van der Waals surface area contributed by atoms with Crippen LogP contribution in [0.4, 0.5) is 18.0 Å². The molecule has 0 aliphatic heterocycles. The van der Waals surface area contributed by atoms with Gasteiger partial charge in [-0.25, -0.2) is 0 Å². The number of benzene rings is 1. The molecule has 0 fully saturated rings. The molecule has 0 spiro atoms. The molecule has 2 amide bonds. The molecule has 0 aromatic heterocycles. The molecule has 1 aromatic carbocycles. The number of hydrazine groups is 1. The second kappa shape index (κ2) is 8.64. The van der Waals surface area contributed by atoms with Crippen molar-refractivity contribution in [3.63, 3.8) is 0 Å². The number of halogens is 3. The van der Waals surface area contributed by atoms with E-state index in [9.17, 15) is 22.8 Å². The zero-order valence-electron chi connectivity index (χ0n) is 11.8. The number of amides is 2. The molecular weight excluding hydrogens is 319 g/mol. The quantitative estimate of drug-likeness (QED) is 0.362. The molecule has 9 heteroatoms. The molecule has 2 N–H and O–H groups in total. The minimum Gasteiger partial charge on any atom is -0.346 e. The van der Waals surface area contributed by atoms with Gasteiger partial charge in [0.25, 0.3) is 11.1 Å². The summed E-state index contributed by atoms with van der Waals surface area (Å²) in [5, 5.41) is 1.44. The van der Waals surface area contributed by atoms with Crippen LogP contribution in [0.25, 0.3) is 0 Å². The van der Waals surface area contributed by atoms with E-state index in [-0.39, 0.29) is 24.1 Å². The lowest BCUT2D eigenvalue weighted by molar-refractivity contribution is -0.217. The van der Waals surface area contributed by atoms with Crippen molar-refractivity contribution in [1.29, 1.82) is 0 Å². The maximum Gasteiger partial charge on any atom is 0.488 e. The maximum atomic E-state index is 12.9. The Bertz CT molecular complexity index is 497. The molecule has 0 aliphatic carbocycles. The Kier molecular flexibility index (Phi) is 7.19. The molecule has 0 saturated carbocycles. The van der Waals surface area contributed by atoms with Gasteiger partial charge >= 0.3 is 6.30 Å². The van der Waals surface area contributed by atoms with Crippen LogP contribution >= 0.6 is 11.9 Å². The lowest BCUT2D eigenvalue weighted by Crippen LogP contribution is -2.47. The SMILES string of the molecule is CCCCNC(=O)SN(NC(=O)c1ccccc1)C(F)(F)F. The van der Waals surface area contributed by atoms with Gasteiger partial charge in [0.2, 0.25) is 0 Å². The van der Waals surface area contributed by atoms with Gasteiger partial charge < -0.3 is 5.32 Å². The van der Waals surface area contributed by atoms with E-state index in [4.69, 9.17) is 0 Å². The van der Waals surface area contributed by atoms with Gasteiger partial charge in [-0.05, 0) is 18.6 Å². The van der Waals surface area contributed by atoms with E-state index >= 15 is 0 Å². The molecule has 0 atom stereocenters. The third-order valence-corrected chi connectivity index (χ3v) is 3.23. The molecule has 0 saturated heterocycles.